The van der Waals surface area contributed by atoms with Gasteiger partial charge in [0.2, 0.25) is 0 Å². The van der Waals surface area contributed by atoms with Gasteiger partial charge < -0.3 is 10.2 Å². The minimum atomic E-state index is 0.118. The predicted octanol–water partition coefficient (Wildman–Crippen LogP) is 6.48. The first-order valence-electron chi connectivity index (χ1n) is 10.6. The summed E-state index contributed by atoms with van der Waals surface area (Å²) in [5.41, 5.74) is 2.35. The number of carbonyl (C=O) groups excluding carboxylic acids is 1. The summed E-state index contributed by atoms with van der Waals surface area (Å²) in [6.07, 6.45) is 12.4. The zero-order valence-electron chi connectivity index (χ0n) is 16.9. The van der Waals surface area contributed by atoms with Crippen molar-refractivity contribution >= 4 is 11.7 Å². The molecule has 2 fully saturated rings. The van der Waals surface area contributed by atoms with Crippen LogP contribution in [0.5, 0.6) is 0 Å². The van der Waals surface area contributed by atoms with Crippen molar-refractivity contribution in [2.45, 2.75) is 102 Å². The fraction of sp³-hybridized carbons (Fsp3) is 0.696. The standard InChI is InChI=1S/C23H36N2O/c1-23(2,3)18-14-16-19(17-15-18)24-22(26)25(20-10-6-4-7-11-20)21-12-8-5-9-13-21/h14-17,20-21H,4-13H2,1-3H3,(H,24,26). The molecule has 0 bridgehead atoms. The van der Waals surface area contributed by atoms with Crippen LogP contribution in [0, 0.1) is 0 Å². The van der Waals surface area contributed by atoms with Crippen molar-refractivity contribution < 1.29 is 4.79 Å². The van der Waals surface area contributed by atoms with Crippen molar-refractivity contribution in [3.05, 3.63) is 29.8 Å². The molecule has 1 N–H and O–H groups in total. The first-order chi connectivity index (χ1) is 12.4. The largest absolute Gasteiger partial charge is 0.322 e. The van der Waals surface area contributed by atoms with E-state index in [4.69, 9.17) is 0 Å². The fourth-order valence-electron chi connectivity index (χ4n) is 4.59. The third-order valence-electron chi connectivity index (χ3n) is 6.17. The van der Waals surface area contributed by atoms with Gasteiger partial charge in [0.25, 0.3) is 0 Å². The average molecular weight is 357 g/mol. The molecule has 144 valence electrons. The number of nitrogens with one attached hydrogen (secondary N) is 1. The lowest BCUT2D eigenvalue weighted by Crippen LogP contribution is -2.50. The highest BCUT2D eigenvalue weighted by atomic mass is 16.2. The Morgan fingerprint density at radius 1 is 0.846 bits per heavy atom. The first-order valence-corrected chi connectivity index (χ1v) is 10.6. The summed E-state index contributed by atoms with van der Waals surface area (Å²) < 4.78 is 0. The molecular formula is C23H36N2O. The molecular weight excluding hydrogens is 320 g/mol. The van der Waals surface area contributed by atoms with E-state index in [9.17, 15) is 4.79 Å². The van der Waals surface area contributed by atoms with Gasteiger partial charge in [-0.2, -0.15) is 0 Å². The molecule has 0 heterocycles. The van der Waals surface area contributed by atoms with Gasteiger partial charge in [0, 0.05) is 17.8 Å². The van der Waals surface area contributed by atoms with E-state index >= 15 is 0 Å². The second-order valence-electron chi connectivity index (χ2n) is 9.25. The van der Waals surface area contributed by atoms with Gasteiger partial charge in [0.15, 0.2) is 0 Å². The quantitative estimate of drug-likeness (QED) is 0.660. The molecule has 3 nitrogen and oxygen atoms in total. The summed E-state index contributed by atoms with van der Waals surface area (Å²) >= 11 is 0. The summed E-state index contributed by atoms with van der Waals surface area (Å²) in [6.45, 7) is 6.65. The van der Waals surface area contributed by atoms with E-state index in [1.54, 1.807) is 0 Å². The SMILES string of the molecule is CC(C)(C)c1ccc(NC(=O)N(C2CCCCC2)C2CCCCC2)cc1. The maximum atomic E-state index is 13.2. The van der Waals surface area contributed by atoms with Crippen molar-refractivity contribution in [3.8, 4) is 0 Å². The van der Waals surface area contributed by atoms with Crippen LogP contribution in [-0.4, -0.2) is 23.0 Å². The molecule has 1 aromatic carbocycles. The Labute approximate surface area is 159 Å². The molecule has 2 aliphatic rings. The Hall–Kier alpha value is -1.51. The predicted molar refractivity (Wildman–Crippen MR) is 110 cm³/mol. The van der Waals surface area contributed by atoms with Gasteiger partial charge in [0.05, 0.1) is 0 Å². The summed E-state index contributed by atoms with van der Waals surface area (Å²) in [6, 6.07) is 9.37. The summed E-state index contributed by atoms with van der Waals surface area (Å²) in [4.78, 5) is 15.4. The topological polar surface area (TPSA) is 32.3 Å². The molecule has 26 heavy (non-hydrogen) atoms. The van der Waals surface area contributed by atoms with Crippen molar-refractivity contribution in [3.63, 3.8) is 0 Å². The van der Waals surface area contributed by atoms with Gasteiger partial charge in [-0.3, -0.25) is 0 Å². The second kappa shape index (κ2) is 8.45. The molecule has 0 aliphatic heterocycles. The molecule has 0 saturated heterocycles. The minimum absolute atomic E-state index is 0.118. The maximum absolute atomic E-state index is 13.2. The van der Waals surface area contributed by atoms with Crippen LogP contribution in [0.3, 0.4) is 0 Å². The monoisotopic (exact) mass is 356 g/mol. The zero-order chi connectivity index (χ0) is 18.6. The second-order valence-corrected chi connectivity index (χ2v) is 9.25. The molecule has 2 aliphatic carbocycles. The van der Waals surface area contributed by atoms with E-state index in [0.29, 0.717) is 12.1 Å². The highest BCUT2D eigenvalue weighted by Gasteiger charge is 2.32. The van der Waals surface area contributed by atoms with Gasteiger partial charge in [0.1, 0.15) is 0 Å². The Kier molecular flexibility index (Phi) is 6.26. The average Bonchev–Trinajstić information content (AvgIpc) is 2.63. The first kappa shape index (κ1) is 19.3. The van der Waals surface area contributed by atoms with E-state index in [2.05, 4.69) is 55.3 Å². The van der Waals surface area contributed by atoms with Gasteiger partial charge in [-0.25, -0.2) is 4.79 Å². The van der Waals surface area contributed by atoms with Gasteiger partial charge >= 0.3 is 6.03 Å². The Morgan fingerprint density at radius 2 is 1.31 bits per heavy atom. The minimum Gasteiger partial charge on any atom is -0.319 e. The number of benzene rings is 1. The number of hydrogen-bond acceptors (Lipinski definition) is 1. The number of amides is 2. The molecule has 1 aromatic rings. The number of hydrogen-bond donors (Lipinski definition) is 1. The highest BCUT2D eigenvalue weighted by molar-refractivity contribution is 5.89. The normalized spacial score (nSPS) is 20.0. The number of nitrogens with zero attached hydrogens (tertiary/aromatic N) is 1. The van der Waals surface area contributed by atoms with E-state index in [0.717, 1.165) is 5.69 Å². The fourth-order valence-corrected chi connectivity index (χ4v) is 4.59. The Morgan fingerprint density at radius 3 is 1.73 bits per heavy atom. The molecule has 0 atom stereocenters. The van der Waals surface area contributed by atoms with Gasteiger partial charge in [-0.05, 0) is 48.8 Å². The van der Waals surface area contributed by atoms with Crippen molar-refractivity contribution in [2.24, 2.45) is 0 Å². The smallest absolute Gasteiger partial charge is 0.319 e. The van der Waals surface area contributed by atoms with Gasteiger partial charge in [-0.1, -0.05) is 71.4 Å². The molecule has 0 spiro atoms. The van der Waals surface area contributed by atoms with Crippen molar-refractivity contribution in [1.82, 2.24) is 4.90 Å². The van der Waals surface area contributed by atoms with E-state index < -0.39 is 0 Å². The lowest BCUT2D eigenvalue weighted by Gasteiger charge is -2.41. The molecule has 0 radical (unpaired) electrons. The summed E-state index contributed by atoms with van der Waals surface area (Å²) in [7, 11) is 0. The van der Waals surface area contributed by atoms with Crippen molar-refractivity contribution in [1.29, 1.82) is 0 Å². The third kappa shape index (κ3) is 4.81. The van der Waals surface area contributed by atoms with E-state index in [1.165, 1.54) is 69.8 Å². The van der Waals surface area contributed by atoms with Crippen LogP contribution >= 0.6 is 0 Å². The van der Waals surface area contributed by atoms with Crippen molar-refractivity contribution in [2.75, 3.05) is 5.32 Å². The molecule has 2 amide bonds. The molecule has 3 heteroatoms. The third-order valence-corrected chi connectivity index (χ3v) is 6.17. The van der Waals surface area contributed by atoms with Crippen LogP contribution in [0.15, 0.2) is 24.3 Å². The summed E-state index contributed by atoms with van der Waals surface area (Å²) in [5.74, 6) is 0. The Balaban J connectivity index is 1.72. The van der Waals surface area contributed by atoms with Crippen LogP contribution in [0.25, 0.3) is 0 Å². The van der Waals surface area contributed by atoms with E-state index in [-0.39, 0.29) is 11.4 Å². The maximum Gasteiger partial charge on any atom is 0.322 e. The van der Waals surface area contributed by atoms with Crippen LogP contribution in [0.1, 0.15) is 90.5 Å². The van der Waals surface area contributed by atoms with Crippen LogP contribution in [-0.2, 0) is 5.41 Å². The molecule has 0 aromatic heterocycles. The summed E-state index contributed by atoms with van der Waals surface area (Å²) in [5, 5.41) is 3.20. The Bertz CT molecular complexity index is 557. The number of urea groups is 1. The molecule has 2 saturated carbocycles. The molecule has 3 rings (SSSR count). The van der Waals surface area contributed by atoms with E-state index in [1.807, 2.05) is 0 Å². The van der Waals surface area contributed by atoms with Gasteiger partial charge in [-0.15, -0.1) is 0 Å². The van der Waals surface area contributed by atoms with Crippen LogP contribution in [0.4, 0.5) is 10.5 Å². The lowest BCUT2D eigenvalue weighted by atomic mass is 9.87. The number of carbonyl (C=O) groups is 1. The number of anilines is 1. The zero-order valence-corrected chi connectivity index (χ0v) is 16.9. The highest BCUT2D eigenvalue weighted by Crippen LogP contribution is 2.31. The van der Waals surface area contributed by atoms with Crippen LogP contribution in [0.2, 0.25) is 0 Å². The lowest BCUT2D eigenvalue weighted by molar-refractivity contribution is 0.114. The number of rotatable bonds is 3. The molecule has 0 unspecified atom stereocenters. The van der Waals surface area contributed by atoms with Crippen LogP contribution < -0.4 is 5.32 Å².